The zero-order valence-electron chi connectivity index (χ0n) is 9.29. The molecule has 2 nitrogen and oxygen atoms in total. The molecule has 1 atom stereocenters. The molecule has 1 aromatic carbocycles. The number of carbonyl (C=O) groups is 1. The summed E-state index contributed by atoms with van der Waals surface area (Å²) in [4.78, 5) is 11.9. The van der Waals surface area contributed by atoms with Gasteiger partial charge in [-0.1, -0.05) is 30.7 Å². The fourth-order valence-electron chi connectivity index (χ4n) is 2.47. The zero-order valence-corrected chi connectivity index (χ0v) is 10.0. The van der Waals surface area contributed by atoms with Gasteiger partial charge in [0.1, 0.15) is 0 Å². The summed E-state index contributed by atoms with van der Waals surface area (Å²) in [6, 6.07) is 5.58. The minimum atomic E-state index is -0.122. The standard InChI is InChI=1S/C13H15ClO2/c1-13(7-8-15)6-5-11(16)12-9(13)3-2-4-10(12)14/h2-4,15H,5-8H2,1H3. The number of fused-ring (bicyclic) bond motifs is 1. The first-order valence-corrected chi connectivity index (χ1v) is 5.89. The van der Waals surface area contributed by atoms with Gasteiger partial charge < -0.3 is 5.11 Å². The minimum absolute atomic E-state index is 0.121. The molecule has 1 unspecified atom stereocenters. The van der Waals surface area contributed by atoms with E-state index in [2.05, 4.69) is 6.92 Å². The third-order valence-electron chi connectivity index (χ3n) is 3.51. The van der Waals surface area contributed by atoms with Crippen molar-refractivity contribution in [2.45, 2.75) is 31.6 Å². The van der Waals surface area contributed by atoms with Crippen LogP contribution in [0, 0.1) is 0 Å². The Morgan fingerprint density at radius 2 is 2.25 bits per heavy atom. The van der Waals surface area contributed by atoms with Crippen molar-refractivity contribution < 1.29 is 9.90 Å². The Hall–Kier alpha value is -0.860. The molecular weight excluding hydrogens is 224 g/mol. The largest absolute Gasteiger partial charge is 0.396 e. The van der Waals surface area contributed by atoms with Crippen LogP contribution >= 0.6 is 11.6 Å². The van der Waals surface area contributed by atoms with E-state index in [9.17, 15) is 4.79 Å². The van der Waals surface area contributed by atoms with Gasteiger partial charge in [0, 0.05) is 18.6 Å². The van der Waals surface area contributed by atoms with E-state index in [0.717, 1.165) is 12.0 Å². The van der Waals surface area contributed by atoms with Crippen molar-refractivity contribution in [3.8, 4) is 0 Å². The average molecular weight is 239 g/mol. The van der Waals surface area contributed by atoms with Crippen molar-refractivity contribution in [3.05, 3.63) is 34.3 Å². The lowest BCUT2D eigenvalue weighted by Gasteiger charge is -2.35. The maximum Gasteiger partial charge on any atom is 0.164 e. The molecule has 1 aromatic rings. The van der Waals surface area contributed by atoms with Crippen molar-refractivity contribution in [1.29, 1.82) is 0 Å². The first-order valence-electron chi connectivity index (χ1n) is 5.51. The summed E-state index contributed by atoms with van der Waals surface area (Å²) < 4.78 is 0. The SMILES string of the molecule is CC1(CCO)CCC(=O)c2c(Cl)cccc21. The predicted octanol–water partition coefficient (Wildman–Crippen LogP) is 2.96. The van der Waals surface area contributed by atoms with Gasteiger partial charge in [-0.15, -0.1) is 0 Å². The number of benzene rings is 1. The molecule has 2 rings (SSSR count). The average Bonchev–Trinajstić information content (AvgIpc) is 2.25. The quantitative estimate of drug-likeness (QED) is 0.860. The molecule has 0 saturated carbocycles. The summed E-state index contributed by atoms with van der Waals surface area (Å²) in [5.74, 6) is 0.121. The lowest BCUT2D eigenvalue weighted by atomic mass is 9.69. The van der Waals surface area contributed by atoms with Gasteiger partial charge in [-0.05, 0) is 29.9 Å². The molecule has 3 heteroatoms. The van der Waals surface area contributed by atoms with Gasteiger partial charge in [-0.25, -0.2) is 0 Å². The van der Waals surface area contributed by atoms with Crippen LogP contribution in [0.15, 0.2) is 18.2 Å². The second-order valence-electron chi connectivity index (χ2n) is 4.62. The highest BCUT2D eigenvalue weighted by Gasteiger charge is 2.35. The predicted molar refractivity (Wildman–Crippen MR) is 64.1 cm³/mol. The van der Waals surface area contributed by atoms with Crippen LogP contribution < -0.4 is 0 Å². The fourth-order valence-corrected chi connectivity index (χ4v) is 2.75. The van der Waals surface area contributed by atoms with Gasteiger partial charge in [-0.3, -0.25) is 4.79 Å². The first kappa shape index (κ1) is 11.6. The molecule has 1 aliphatic carbocycles. The number of rotatable bonds is 2. The van der Waals surface area contributed by atoms with Crippen molar-refractivity contribution in [2.24, 2.45) is 0 Å². The van der Waals surface area contributed by atoms with Crippen molar-refractivity contribution >= 4 is 17.4 Å². The van der Waals surface area contributed by atoms with E-state index in [-0.39, 0.29) is 17.8 Å². The number of ketones is 1. The highest BCUT2D eigenvalue weighted by Crippen LogP contribution is 2.41. The molecule has 0 aliphatic heterocycles. The van der Waals surface area contributed by atoms with Crippen molar-refractivity contribution in [2.75, 3.05) is 6.61 Å². The maximum absolute atomic E-state index is 11.9. The molecule has 0 bridgehead atoms. The van der Waals surface area contributed by atoms with E-state index < -0.39 is 0 Å². The molecule has 0 amide bonds. The van der Waals surface area contributed by atoms with Crippen LogP contribution in [0.2, 0.25) is 5.02 Å². The fraction of sp³-hybridized carbons (Fsp3) is 0.462. The molecule has 0 heterocycles. The Labute approximate surface area is 100 Å². The summed E-state index contributed by atoms with van der Waals surface area (Å²) in [5.41, 5.74) is 1.53. The molecule has 1 aliphatic rings. The summed E-state index contributed by atoms with van der Waals surface area (Å²) in [7, 11) is 0. The lowest BCUT2D eigenvalue weighted by Crippen LogP contribution is -2.31. The zero-order chi connectivity index (χ0) is 11.8. The van der Waals surface area contributed by atoms with Crippen LogP contribution in [0.25, 0.3) is 0 Å². The number of aliphatic hydroxyl groups excluding tert-OH is 1. The van der Waals surface area contributed by atoms with Gasteiger partial charge in [-0.2, -0.15) is 0 Å². The van der Waals surface area contributed by atoms with Crippen LogP contribution in [-0.2, 0) is 5.41 Å². The van der Waals surface area contributed by atoms with Crippen molar-refractivity contribution in [3.63, 3.8) is 0 Å². The smallest absolute Gasteiger partial charge is 0.164 e. The Morgan fingerprint density at radius 1 is 1.50 bits per heavy atom. The second-order valence-corrected chi connectivity index (χ2v) is 5.03. The molecule has 16 heavy (non-hydrogen) atoms. The summed E-state index contributed by atoms with van der Waals surface area (Å²) in [5, 5.41) is 9.66. The van der Waals surface area contributed by atoms with Gasteiger partial charge in [0.2, 0.25) is 0 Å². The monoisotopic (exact) mass is 238 g/mol. The third kappa shape index (κ3) is 1.76. The van der Waals surface area contributed by atoms with Crippen LogP contribution in [0.1, 0.15) is 42.1 Å². The Morgan fingerprint density at radius 3 is 2.94 bits per heavy atom. The minimum Gasteiger partial charge on any atom is -0.396 e. The number of carbonyl (C=O) groups excluding carboxylic acids is 1. The van der Waals surface area contributed by atoms with Crippen LogP contribution in [0.5, 0.6) is 0 Å². The molecule has 86 valence electrons. The molecular formula is C13H15ClO2. The summed E-state index contributed by atoms with van der Waals surface area (Å²) in [6.45, 7) is 2.22. The Kier molecular flexibility index (Phi) is 3.04. The van der Waals surface area contributed by atoms with E-state index in [1.54, 1.807) is 6.07 Å². The van der Waals surface area contributed by atoms with Gasteiger partial charge >= 0.3 is 0 Å². The molecule has 0 aromatic heterocycles. The Bertz CT molecular complexity index is 428. The maximum atomic E-state index is 11.9. The molecule has 0 saturated heterocycles. The third-order valence-corrected chi connectivity index (χ3v) is 3.83. The van der Waals surface area contributed by atoms with E-state index in [1.165, 1.54) is 0 Å². The summed E-state index contributed by atoms with van der Waals surface area (Å²) >= 11 is 6.08. The van der Waals surface area contributed by atoms with Crippen LogP contribution in [0.3, 0.4) is 0 Å². The number of hydrogen-bond acceptors (Lipinski definition) is 2. The molecule has 1 N–H and O–H groups in total. The number of aliphatic hydroxyl groups is 1. The first-order chi connectivity index (χ1) is 7.58. The van der Waals surface area contributed by atoms with Crippen LogP contribution in [-0.4, -0.2) is 17.5 Å². The molecule has 0 spiro atoms. The highest BCUT2D eigenvalue weighted by atomic mass is 35.5. The molecule has 0 fully saturated rings. The van der Waals surface area contributed by atoms with Gasteiger partial charge in [0.05, 0.1) is 5.02 Å². The summed E-state index contributed by atoms with van der Waals surface area (Å²) in [6.07, 6.45) is 1.99. The van der Waals surface area contributed by atoms with Crippen LogP contribution in [0.4, 0.5) is 0 Å². The Balaban J connectivity index is 2.57. The molecule has 0 radical (unpaired) electrons. The topological polar surface area (TPSA) is 37.3 Å². The van der Waals surface area contributed by atoms with E-state index in [0.29, 0.717) is 23.4 Å². The lowest BCUT2D eigenvalue weighted by molar-refractivity contribution is 0.0946. The number of hydrogen-bond donors (Lipinski definition) is 1. The number of Topliss-reactive ketones (excluding diaryl/α,β-unsaturated/α-hetero) is 1. The number of halogens is 1. The van der Waals surface area contributed by atoms with Crippen molar-refractivity contribution in [1.82, 2.24) is 0 Å². The van der Waals surface area contributed by atoms with E-state index in [1.807, 2.05) is 12.1 Å². The van der Waals surface area contributed by atoms with Gasteiger partial charge in [0.15, 0.2) is 5.78 Å². The van der Waals surface area contributed by atoms with E-state index in [4.69, 9.17) is 16.7 Å². The highest BCUT2D eigenvalue weighted by molar-refractivity contribution is 6.34. The van der Waals surface area contributed by atoms with Gasteiger partial charge in [0.25, 0.3) is 0 Å². The second kappa shape index (κ2) is 4.19. The normalized spacial score (nSPS) is 24.3. The van der Waals surface area contributed by atoms with E-state index >= 15 is 0 Å².